The molecule has 29 heavy (non-hydrogen) atoms. The number of nitrogens with zero attached hydrogens (tertiary/aromatic N) is 2. The first kappa shape index (κ1) is 20.9. The minimum absolute atomic E-state index is 0.277. The van der Waals surface area contributed by atoms with Crippen molar-refractivity contribution in [2.45, 2.75) is 48.6 Å². The first-order valence-corrected chi connectivity index (χ1v) is 10.9. The van der Waals surface area contributed by atoms with Crippen molar-refractivity contribution < 1.29 is 17.6 Å². The van der Waals surface area contributed by atoms with Gasteiger partial charge in [-0.2, -0.15) is 5.10 Å². The lowest BCUT2D eigenvalue weighted by atomic mass is 9.97. The minimum atomic E-state index is -4.12. The van der Waals surface area contributed by atoms with E-state index in [1.54, 1.807) is 0 Å². The van der Waals surface area contributed by atoms with Gasteiger partial charge in [-0.1, -0.05) is 17.7 Å². The van der Waals surface area contributed by atoms with Gasteiger partial charge in [0.15, 0.2) is 5.03 Å². The fourth-order valence-corrected chi connectivity index (χ4v) is 4.35. The monoisotopic (exact) mass is 419 g/mol. The summed E-state index contributed by atoms with van der Waals surface area (Å²) in [5.41, 5.74) is 0.711. The molecule has 1 N–H and O–H groups in total. The number of benzene rings is 1. The molecule has 7 nitrogen and oxygen atoms in total. The molecule has 3 rings (SSSR count). The summed E-state index contributed by atoms with van der Waals surface area (Å²) in [6, 6.07) is 6.58. The van der Waals surface area contributed by atoms with Crippen LogP contribution in [0, 0.1) is 5.82 Å². The van der Waals surface area contributed by atoms with Gasteiger partial charge in [0, 0.05) is 12.6 Å². The standard InChI is InChI=1S/C20H22FN3O4S/c21-16-7-4-8-17(13-16)29(27,28)19-9-10-20(26)24(23-19)14-18(25)22-12-11-15-5-2-1-3-6-15/h4-5,7-10,13H,1-3,6,11-12,14H2,(H,22,25). The quantitative estimate of drug-likeness (QED) is 0.694. The molecule has 0 aliphatic heterocycles. The van der Waals surface area contributed by atoms with Crippen LogP contribution in [-0.4, -0.2) is 30.7 Å². The summed E-state index contributed by atoms with van der Waals surface area (Å²) >= 11 is 0. The maximum Gasteiger partial charge on any atom is 0.267 e. The smallest absolute Gasteiger partial charge is 0.267 e. The minimum Gasteiger partial charge on any atom is -0.354 e. The zero-order valence-corrected chi connectivity index (χ0v) is 16.6. The Balaban J connectivity index is 1.69. The van der Waals surface area contributed by atoms with Crippen molar-refractivity contribution in [3.05, 3.63) is 64.2 Å². The summed E-state index contributed by atoms with van der Waals surface area (Å²) in [7, 11) is -4.12. The van der Waals surface area contributed by atoms with Gasteiger partial charge in [-0.05, 0) is 56.4 Å². The number of nitrogens with one attached hydrogen (secondary N) is 1. The summed E-state index contributed by atoms with van der Waals surface area (Å²) in [5, 5.41) is 6.11. The maximum absolute atomic E-state index is 13.4. The summed E-state index contributed by atoms with van der Waals surface area (Å²) in [6.45, 7) is 0.0467. The Morgan fingerprint density at radius 2 is 2.03 bits per heavy atom. The van der Waals surface area contributed by atoms with E-state index in [1.165, 1.54) is 24.1 Å². The summed E-state index contributed by atoms with van der Waals surface area (Å²) in [4.78, 5) is 23.9. The second kappa shape index (κ2) is 9.13. The average Bonchev–Trinajstić information content (AvgIpc) is 2.70. The van der Waals surface area contributed by atoms with Crippen LogP contribution in [0.3, 0.4) is 0 Å². The Kier molecular flexibility index (Phi) is 6.58. The van der Waals surface area contributed by atoms with Crippen LogP contribution in [0.2, 0.25) is 0 Å². The Hall–Kier alpha value is -2.81. The van der Waals surface area contributed by atoms with Crippen LogP contribution < -0.4 is 10.9 Å². The Labute approximate surface area is 168 Å². The van der Waals surface area contributed by atoms with Crippen molar-refractivity contribution in [3.8, 4) is 0 Å². The van der Waals surface area contributed by atoms with Gasteiger partial charge in [0.1, 0.15) is 12.4 Å². The number of carbonyl (C=O) groups is 1. The topological polar surface area (TPSA) is 98.1 Å². The molecule has 0 bridgehead atoms. The fraction of sp³-hybridized carbons (Fsp3) is 0.350. The lowest BCUT2D eigenvalue weighted by Crippen LogP contribution is -2.34. The van der Waals surface area contributed by atoms with Crippen LogP contribution in [0.5, 0.6) is 0 Å². The lowest BCUT2D eigenvalue weighted by molar-refractivity contribution is -0.121. The third kappa shape index (κ3) is 5.38. The molecule has 2 aromatic rings. The normalized spacial score (nSPS) is 14.3. The lowest BCUT2D eigenvalue weighted by Gasteiger charge is -2.13. The van der Waals surface area contributed by atoms with Gasteiger partial charge < -0.3 is 5.32 Å². The number of aromatic nitrogens is 2. The highest BCUT2D eigenvalue weighted by Crippen LogP contribution is 2.20. The fourth-order valence-electron chi connectivity index (χ4n) is 3.13. The van der Waals surface area contributed by atoms with Crippen molar-refractivity contribution in [2.24, 2.45) is 0 Å². The largest absolute Gasteiger partial charge is 0.354 e. The number of hydrogen-bond acceptors (Lipinski definition) is 5. The Morgan fingerprint density at radius 1 is 1.21 bits per heavy atom. The molecular weight excluding hydrogens is 397 g/mol. The van der Waals surface area contributed by atoms with Crippen LogP contribution in [-0.2, 0) is 21.2 Å². The van der Waals surface area contributed by atoms with Gasteiger partial charge in [-0.3, -0.25) is 9.59 Å². The van der Waals surface area contributed by atoms with E-state index >= 15 is 0 Å². The van der Waals surface area contributed by atoms with Crippen molar-refractivity contribution in [1.82, 2.24) is 15.1 Å². The summed E-state index contributed by atoms with van der Waals surface area (Å²) < 4.78 is 39.4. The highest BCUT2D eigenvalue weighted by atomic mass is 32.2. The van der Waals surface area contributed by atoms with E-state index in [-0.39, 0.29) is 4.90 Å². The maximum atomic E-state index is 13.4. The van der Waals surface area contributed by atoms with E-state index in [9.17, 15) is 22.4 Å². The second-order valence-corrected chi connectivity index (χ2v) is 8.73. The number of hydrogen-bond donors (Lipinski definition) is 1. The Bertz CT molecular complexity index is 1090. The van der Waals surface area contributed by atoms with E-state index in [0.29, 0.717) is 6.54 Å². The third-order valence-electron chi connectivity index (χ3n) is 4.67. The van der Waals surface area contributed by atoms with Gasteiger partial charge in [0.05, 0.1) is 4.90 Å². The summed E-state index contributed by atoms with van der Waals surface area (Å²) in [6.07, 6.45) is 7.40. The molecule has 0 atom stereocenters. The van der Waals surface area contributed by atoms with E-state index < -0.39 is 38.7 Å². The molecule has 1 aromatic carbocycles. The highest BCUT2D eigenvalue weighted by Gasteiger charge is 2.21. The number of sulfone groups is 1. The molecule has 154 valence electrons. The molecule has 1 aliphatic rings. The first-order chi connectivity index (χ1) is 13.9. The molecule has 0 unspecified atom stereocenters. The highest BCUT2D eigenvalue weighted by molar-refractivity contribution is 7.91. The first-order valence-electron chi connectivity index (χ1n) is 9.40. The van der Waals surface area contributed by atoms with Crippen LogP contribution in [0.4, 0.5) is 4.39 Å². The molecular formula is C20H22FN3O4S. The molecule has 1 heterocycles. The average molecular weight is 419 g/mol. The third-order valence-corrected chi connectivity index (χ3v) is 6.31. The number of rotatable bonds is 7. The van der Waals surface area contributed by atoms with Gasteiger partial charge in [0.25, 0.3) is 5.56 Å². The van der Waals surface area contributed by atoms with Gasteiger partial charge in [-0.15, -0.1) is 0 Å². The number of allylic oxidation sites excluding steroid dienone is 1. The molecule has 0 fully saturated rings. The van der Waals surface area contributed by atoms with Crippen molar-refractivity contribution in [2.75, 3.05) is 6.54 Å². The second-order valence-electron chi connectivity index (χ2n) is 6.84. The van der Waals surface area contributed by atoms with Crippen molar-refractivity contribution in [3.63, 3.8) is 0 Å². The van der Waals surface area contributed by atoms with E-state index in [0.717, 1.165) is 54.6 Å². The van der Waals surface area contributed by atoms with E-state index in [4.69, 9.17) is 0 Å². The molecule has 1 aliphatic carbocycles. The van der Waals surface area contributed by atoms with Crippen LogP contribution in [0.15, 0.2) is 62.8 Å². The Morgan fingerprint density at radius 3 is 2.76 bits per heavy atom. The SMILES string of the molecule is O=C(Cn1nc(S(=O)(=O)c2cccc(F)c2)ccc1=O)NCCC1=CCCCC1. The van der Waals surface area contributed by atoms with E-state index in [2.05, 4.69) is 16.5 Å². The number of amides is 1. The van der Waals surface area contributed by atoms with Crippen LogP contribution in [0.25, 0.3) is 0 Å². The van der Waals surface area contributed by atoms with Crippen molar-refractivity contribution >= 4 is 15.7 Å². The van der Waals surface area contributed by atoms with Crippen LogP contribution >= 0.6 is 0 Å². The van der Waals surface area contributed by atoms with Crippen LogP contribution in [0.1, 0.15) is 32.1 Å². The van der Waals surface area contributed by atoms with Gasteiger partial charge in [0.2, 0.25) is 15.7 Å². The number of halogens is 1. The molecule has 0 saturated carbocycles. The molecule has 9 heteroatoms. The van der Waals surface area contributed by atoms with E-state index in [1.807, 2.05) is 0 Å². The summed E-state index contributed by atoms with van der Waals surface area (Å²) in [5.74, 6) is -1.14. The molecule has 0 spiro atoms. The predicted octanol–water partition coefficient (Wildman–Crippen LogP) is 2.22. The molecule has 0 radical (unpaired) electrons. The molecule has 1 aromatic heterocycles. The van der Waals surface area contributed by atoms with Gasteiger partial charge >= 0.3 is 0 Å². The van der Waals surface area contributed by atoms with Crippen molar-refractivity contribution in [1.29, 1.82) is 0 Å². The molecule has 1 amide bonds. The number of carbonyl (C=O) groups excluding carboxylic acids is 1. The molecule has 0 saturated heterocycles. The zero-order chi connectivity index (χ0) is 20.9. The predicted molar refractivity (Wildman–Crippen MR) is 105 cm³/mol. The van der Waals surface area contributed by atoms with Gasteiger partial charge in [-0.25, -0.2) is 17.5 Å². The zero-order valence-electron chi connectivity index (χ0n) is 15.8.